The zero-order valence-electron chi connectivity index (χ0n) is 12.1. The Labute approximate surface area is 116 Å². The van der Waals surface area contributed by atoms with Gasteiger partial charge in [-0.2, -0.15) is 5.10 Å². The number of hydrogen-bond acceptors (Lipinski definition) is 3. The molecule has 1 aromatic heterocycles. The molecule has 1 aliphatic rings. The lowest BCUT2D eigenvalue weighted by atomic mass is 9.93. The van der Waals surface area contributed by atoms with Crippen molar-refractivity contribution < 1.29 is 0 Å². The van der Waals surface area contributed by atoms with Gasteiger partial charge in [0.25, 0.3) is 0 Å². The topological polar surface area (TPSA) is 55.9 Å². The van der Waals surface area contributed by atoms with Crippen molar-refractivity contribution in [1.29, 1.82) is 0 Å². The van der Waals surface area contributed by atoms with Crippen molar-refractivity contribution in [2.75, 3.05) is 0 Å². The van der Waals surface area contributed by atoms with E-state index in [4.69, 9.17) is 5.84 Å². The first kappa shape index (κ1) is 14.3. The highest BCUT2D eigenvalue weighted by atomic mass is 15.3. The summed E-state index contributed by atoms with van der Waals surface area (Å²) in [7, 11) is 0. The van der Waals surface area contributed by atoms with Crippen molar-refractivity contribution in [3.63, 3.8) is 0 Å². The van der Waals surface area contributed by atoms with E-state index < -0.39 is 0 Å². The fraction of sp³-hybridized carbons (Fsp3) is 0.667. The smallest absolute Gasteiger partial charge is 0.0640 e. The highest BCUT2D eigenvalue weighted by Crippen LogP contribution is 2.22. The van der Waals surface area contributed by atoms with Gasteiger partial charge in [-0.1, -0.05) is 11.6 Å². The molecule has 0 aromatic carbocycles. The Morgan fingerprint density at radius 3 is 2.79 bits per heavy atom. The third kappa shape index (κ3) is 4.18. The van der Waals surface area contributed by atoms with E-state index in [0.717, 1.165) is 18.5 Å². The Morgan fingerprint density at radius 1 is 1.37 bits per heavy atom. The van der Waals surface area contributed by atoms with Gasteiger partial charge in [-0.3, -0.25) is 16.0 Å². The Kier molecular flexibility index (Phi) is 5.16. The van der Waals surface area contributed by atoms with Gasteiger partial charge in [0, 0.05) is 24.7 Å². The second kappa shape index (κ2) is 6.87. The number of nitrogens with zero attached hydrogens (tertiary/aromatic N) is 2. The molecular weight excluding hydrogens is 236 g/mol. The summed E-state index contributed by atoms with van der Waals surface area (Å²) in [5, 5.41) is 4.59. The van der Waals surface area contributed by atoms with Crippen LogP contribution in [-0.4, -0.2) is 15.8 Å². The van der Waals surface area contributed by atoms with Gasteiger partial charge in [-0.15, -0.1) is 0 Å². The molecule has 0 saturated heterocycles. The summed E-state index contributed by atoms with van der Waals surface area (Å²) < 4.78 is 2.00. The minimum atomic E-state index is 0.292. The molecular formula is C15H26N4. The van der Waals surface area contributed by atoms with Crippen LogP contribution >= 0.6 is 0 Å². The van der Waals surface area contributed by atoms with Gasteiger partial charge in [0.2, 0.25) is 0 Å². The molecule has 19 heavy (non-hydrogen) atoms. The molecule has 1 unspecified atom stereocenters. The predicted octanol–water partition coefficient (Wildman–Crippen LogP) is 2.73. The van der Waals surface area contributed by atoms with Crippen molar-refractivity contribution in [3.8, 4) is 0 Å². The van der Waals surface area contributed by atoms with Crippen LogP contribution in [-0.2, 0) is 6.42 Å². The summed E-state index contributed by atoms with van der Waals surface area (Å²) in [6.07, 6.45) is 11.5. The molecule has 0 aliphatic heterocycles. The van der Waals surface area contributed by atoms with Gasteiger partial charge >= 0.3 is 0 Å². The SMILES string of the molecule is CC(C)n1ccc(CC(CC2=CCCCC2)NN)n1. The zero-order valence-corrected chi connectivity index (χ0v) is 12.1. The lowest BCUT2D eigenvalue weighted by Crippen LogP contribution is -2.37. The van der Waals surface area contributed by atoms with Crippen LogP contribution in [0.25, 0.3) is 0 Å². The van der Waals surface area contributed by atoms with Crippen molar-refractivity contribution >= 4 is 0 Å². The fourth-order valence-corrected chi connectivity index (χ4v) is 2.62. The minimum absolute atomic E-state index is 0.292. The maximum absolute atomic E-state index is 5.69. The number of rotatable bonds is 6. The molecule has 4 heteroatoms. The molecule has 1 heterocycles. The van der Waals surface area contributed by atoms with Gasteiger partial charge in [0.15, 0.2) is 0 Å². The summed E-state index contributed by atoms with van der Waals surface area (Å²) in [5.41, 5.74) is 5.62. The number of hydrazine groups is 1. The van der Waals surface area contributed by atoms with Crippen LogP contribution in [0.15, 0.2) is 23.9 Å². The number of nitrogens with two attached hydrogens (primary N) is 1. The molecule has 1 aliphatic carbocycles. The van der Waals surface area contributed by atoms with Crippen LogP contribution in [0.3, 0.4) is 0 Å². The van der Waals surface area contributed by atoms with Crippen LogP contribution in [0.2, 0.25) is 0 Å². The minimum Gasteiger partial charge on any atom is -0.271 e. The van der Waals surface area contributed by atoms with E-state index in [1.54, 1.807) is 5.57 Å². The first-order valence-electron chi connectivity index (χ1n) is 7.37. The van der Waals surface area contributed by atoms with E-state index in [1.165, 1.54) is 25.7 Å². The number of allylic oxidation sites excluding steroid dienone is 1. The van der Waals surface area contributed by atoms with E-state index in [9.17, 15) is 0 Å². The molecule has 0 spiro atoms. The lowest BCUT2D eigenvalue weighted by molar-refractivity contribution is 0.485. The van der Waals surface area contributed by atoms with E-state index in [-0.39, 0.29) is 0 Å². The molecule has 2 rings (SSSR count). The Bertz CT molecular complexity index is 420. The van der Waals surface area contributed by atoms with Gasteiger partial charge < -0.3 is 0 Å². The third-order valence-electron chi connectivity index (χ3n) is 3.78. The van der Waals surface area contributed by atoms with Crippen molar-refractivity contribution in [2.45, 2.75) is 64.5 Å². The summed E-state index contributed by atoms with van der Waals surface area (Å²) in [6.45, 7) is 4.28. The monoisotopic (exact) mass is 262 g/mol. The third-order valence-corrected chi connectivity index (χ3v) is 3.78. The van der Waals surface area contributed by atoms with Crippen LogP contribution in [0.1, 0.15) is 57.7 Å². The van der Waals surface area contributed by atoms with Gasteiger partial charge in [-0.25, -0.2) is 0 Å². The molecule has 1 aromatic rings. The van der Waals surface area contributed by atoms with Crippen LogP contribution in [0.5, 0.6) is 0 Å². The Hall–Kier alpha value is -1.13. The van der Waals surface area contributed by atoms with Gasteiger partial charge in [-0.05, 0) is 52.0 Å². The van der Waals surface area contributed by atoms with Gasteiger partial charge in [0.05, 0.1) is 5.69 Å². The summed E-state index contributed by atoms with van der Waals surface area (Å²) in [6, 6.07) is 2.80. The standard InChI is InChI=1S/C15H26N4/c1-12(2)19-9-8-14(18-19)11-15(17-16)10-13-6-4-3-5-7-13/h6,8-9,12,15,17H,3-5,7,10-11,16H2,1-2H3. The molecule has 0 fully saturated rings. The summed E-state index contributed by atoms with van der Waals surface area (Å²) >= 11 is 0. The van der Waals surface area contributed by atoms with Crippen molar-refractivity contribution in [3.05, 3.63) is 29.6 Å². The van der Waals surface area contributed by atoms with E-state index in [1.807, 2.05) is 10.9 Å². The van der Waals surface area contributed by atoms with Crippen LogP contribution in [0.4, 0.5) is 0 Å². The fourth-order valence-electron chi connectivity index (χ4n) is 2.62. The average Bonchev–Trinajstić information content (AvgIpc) is 2.88. The molecule has 0 saturated carbocycles. The van der Waals surface area contributed by atoms with Crippen LogP contribution in [0, 0.1) is 0 Å². The molecule has 106 valence electrons. The quantitative estimate of drug-likeness (QED) is 0.471. The maximum Gasteiger partial charge on any atom is 0.0640 e. The second-order valence-electron chi connectivity index (χ2n) is 5.76. The first-order chi connectivity index (χ1) is 9.19. The predicted molar refractivity (Wildman–Crippen MR) is 78.6 cm³/mol. The Balaban J connectivity index is 1.92. The van der Waals surface area contributed by atoms with E-state index in [2.05, 4.69) is 36.5 Å². The summed E-state index contributed by atoms with van der Waals surface area (Å²) in [4.78, 5) is 0. The first-order valence-corrected chi connectivity index (χ1v) is 7.37. The van der Waals surface area contributed by atoms with E-state index >= 15 is 0 Å². The molecule has 0 bridgehead atoms. The molecule has 1 atom stereocenters. The number of aromatic nitrogens is 2. The van der Waals surface area contributed by atoms with Gasteiger partial charge in [0.1, 0.15) is 0 Å². The number of nitrogens with one attached hydrogen (secondary N) is 1. The summed E-state index contributed by atoms with van der Waals surface area (Å²) in [5.74, 6) is 5.69. The lowest BCUT2D eigenvalue weighted by Gasteiger charge is -2.19. The molecule has 4 nitrogen and oxygen atoms in total. The highest BCUT2D eigenvalue weighted by Gasteiger charge is 2.14. The van der Waals surface area contributed by atoms with Crippen molar-refractivity contribution in [1.82, 2.24) is 15.2 Å². The zero-order chi connectivity index (χ0) is 13.7. The van der Waals surface area contributed by atoms with E-state index in [0.29, 0.717) is 12.1 Å². The van der Waals surface area contributed by atoms with Crippen LogP contribution < -0.4 is 11.3 Å². The Morgan fingerprint density at radius 2 is 2.21 bits per heavy atom. The maximum atomic E-state index is 5.69. The normalized spacial score (nSPS) is 17.6. The molecule has 0 amide bonds. The highest BCUT2D eigenvalue weighted by molar-refractivity contribution is 5.09. The largest absolute Gasteiger partial charge is 0.271 e. The second-order valence-corrected chi connectivity index (χ2v) is 5.76. The average molecular weight is 262 g/mol. The molecule has 0 radical (unpaired) electrons. The number of hydrogen-bond donors (Lipinski definition) is 2. The molecule has 3 N–H and O–H groups in total. The van der Waals surface area contributed by atoms with Crippen molar-refractivity contribution in [2.24, 2.45) is 5.84 Å².